The molecule has 2 amide bonds. The molecule has 0 rings (SSSR count). The molecular weight excluding hydrogens is 224 g/mol. The Morgan fingerprint density at radius 1 is 1.00 bits per heavy atom. The number of hydrogen-bond acceptors (Lipinski definition) is 4. The Morgan fingerprint density at radius 3 is 1.59 bits per heavy atom. The van der Waals surface area contributed by atoms with Gasteiger partial charge in [-0.2, -0.15) is 0 Å². The van der Waals surface area contributed by atoms with Crippen LogP contribution in [0.1, 0.15) is 40.0 Å². The lowest BCUT2D eigenvalue weighted by molar-refractivity contribution is -0.390. The van der Waals surface area contributed by atoms with E-state index in [1.807, 2.05) is 20.8 Å². The summed E-state index contributed by atoms with van der Waals surface area (Å²) in [6.45, 7) is 7.09. The van der Waals surface area contributed by atoms with Gasteiger partial charge in [0.1, 0.15) is 0 Å². The third-order valence-corrected chi connectivity index (χ3v) is 1.76. The average Bonchev–Trinajstić information content (AvgIpc) is 2.30. The molecule has 0 aromatic heterocycles. The molecule has 0 fully saturated rings. The summed E-state index contributed by atoms with van der Waals surface area (Å²) in [5.41, 5.74) is 5.10. The van der Waals surface area contributed by atoms with E-state index in [1.54, 1.807) is 0 Å². The molecular formula is C11H24N2O4. The number of urea groups is 1. The number of primary amides is 1. The second kappa shape index (κ2) is 9.21. The molecule has 0 aromatic carbocycles. The highest BCUT2D eigenvalue weighted by Crippen LogP contribution is 2.13. The summed E-state index contributed by atoms with van der Waals surface area (Å²) in [5.74, 6) is 0. The van der Waals surface area contributed by atoms with E-state index in [0.717, 1.165) is 19.3 Å². The van der Waals surface area contributed by atoms with Crippen molar-refractivity contribution < 1.29 is 19.0 Å². The molecule has 3 N–H and O–H groups in total. The third kappa shape index (κ3) is 7.14. The van der Waals surface area contributed by atoms with E-state index in [0.29, 0.717) is 19.8 Å². The van der Waals surface area contributed by atoms with Gasteiger partial charge in [0.25, 0.3) is 0 Å². The SMILES string of the molecule is CCCOC(NC(N)=O)(OCCC)OCCC. The molecule has 0 saturated heterocycles. The zero-order valence-corrected chi connectivity index (χ0v) is 11.0. The van der Waals surface area contributed by atoms with Crippen LogP contribution in [-0.2, 0) is 14.2 Å². The topological polar surface area (TPSA) is 82.8 Å². The van der Waals surface area contributed by atoms with E-state index < -0.39 is 12.1 Å². The van der Waals surface area contributed by atoms with Crippen LogP contribution in [0.15, 0.2) is 0 Å². The maximum absolute atomic E-state index is 11.0. The van der Waals surface area contributed by atoms with Crippen molar-refractivity contribution in [3.8, 4) is 0 Å². The summed E-state index contributed by atoms with van der Waals surface area (Å²) in [6.07, 6.45) is 0.807. The first-order chi connectivity index (χ1) is 8.10. The zero-order valence-electron chi connectivity index (χ0n) is 11.0. The van der Waals surface area contributed by atoms with Crippen molar-refractivity contribution in [2.75, 3.05) is 19.8 Å². The van der Waals surface area contributed by atoms with Crippen molar-refractivity contribution >= 4 is 6.03 Å². The minimum atomic E-state index is -1.55. The Balaban J connectivity index is 4.56. The van der Waals surface area contributed by atoms with Gasteiger partial charge in [-0.15, -0.1) is 0 Å². The second-order valence-electron chi connectivity index (χ2n) is 3.59. The van der Waals surface area contributed by atoms with Crippen LogP contribution in [0.5, 0.6) is 0 Å². The molecule has 0 aromatic rings. The van der Waals surface area contributed by atoms with Crippen LogP contribution in [0.25, 0.3) is 0 Å². The lowest BCUT2D eigenvalue weighted by atomic mass is 10.5. The summed E-state index contributed by atoms with van der Waals surface area (Å²) < 4.78 is 16.3. The Kier molecular flexibility index (Phi) is 8.75. The van der Waals surface area contributed by atoms with Crippen LogP contribution < -0.4 is 11.1 Å². The average molecular weight is 248 g/mol. The number of amides is 2. The minimum Gasteiger partial charge on any atom is -0.351 e. The van der Waals surface area contributed by atoms with Gasteiger partial charge in [0, 0.05) is 0 Å². The number of nitrogens with one attached hydrogen (secondary N) is 1. The van der Waals surface area contributed by atoms with Crippen molar-refractivity contribution in [2.24, 2.45) is 5.73 Å². The monoisotopic (exact) mass is 248 g/mol. The predicted octanol–water partition coefficient (Wildman–Crippen LogP) is 1.55. The Morgan fingerprint density at radius 2 is 1.35 bits per heavy atom. The fourth-order valence-corrected chi connectivity index (χ4v) is 1.09. The molecule has 0 aliphatic heterocycles. The van der Waals surface area contributed by atoms with Crippen molar-refractivity contribution in [2.45, 2.75) is 46.1 Å². The number of hydrogen-bond donors (Lipinski definition) is 2. The van der Waals surface area contributed by atoms with Crippen LogP contribution in [0.2, 0.25) is 0 Å². The molecule has 6 heteroatoms. The van der Waals surface area contributed by atoms with Crippen LogP contribution >= 0.6 is 0 Å². The first-order valence-corrected chi connectivity index (χ1v) is 6.09. The van der Waals surface area contributed by atoms with Gasteiger partial charge < -0.3 is 19.9 Å². The highest BCUT2D eigenvalue weighted by atomic mass is 16.9. The Hall–Kier alpha value is -0.850. The fraction of sp³-hybridized carbons (Fsp3) is 0.909. The number of rotatable bonds is 10. The number of nitrogens with two attached hydrogens (primary N) is 1. The Labute approximate surface area is 103 Å². The molecule has 0 bridgehead atoms. The first-order valence-electron chi connectivity index (χ1n) is 6.09. The second-order valence-corrected chi connectivity index (χ2v) is 3.59. The highest BCUT2D eigenvalue weighted by molar-refractivity contribution is 5.71. The van der Waals surface area contributed by atoms with Crippen molar-refractivity contribution in [3.05, 3.63) is 0 Å². The molecule has 0 atom stereocenters. The van der Waals surface area contributed by atoms with E-state index in [-0.39, 0.29) is 0 Å². The standard InChI is InChI=1S/C11H24N2O4/c1-4-7-15-11(13-10(12)14,16-8-5-2)17-9-6-3/h4-9H2,1-3H3,(H3,12,13,14). The van der Waals surface area contributed by atoms with Gasteiger partial charge in [-0.25, -0.2) is 4.79 Å². The van der Waals surface area contributed by atoms with Crippen LogP contribution in [0.3, 0.4) is 0 Å². The summed E-state index contributed by atoms with van der Waals surface area (Å²) in [6, 6.07) is -0.742. The third-order valence-electron chi connectivity index (χ3n) is 1.76. The molecule has 0 heterocycles. The van der Waals surface area contributed by atoms with E-state index in [1.165, 1.54) is 0 Å². The maximum atomic E-state index is 11.0. The molecule has 0 spiro atoms. The van der Waals surface area contributed by atoms with Crippen molar-refractivity contribution in [3.63, 3.8) is 0 Å². The number of carbonyl (C=O) groups is 1. The summed E-state index contributed by atoms with van der Waals surface area (Å²) >= 11 is 0. The highest BCUT2D eigenvalue weighted by Gasteiger charge is 2.35. The number of carbonyl (C=O) groups excluding carboxylic acids is 1. The Bertz CT molecular complexity index is 190. The molecule has 0 unspecified atom stereocenters. The molecule has 17 heavy (non-hydrogen) atoms. The smallest absolute Gasteiger partial charge is 0.351 e. The van der Waals surface area contributed by atoms with Crippen molar-refractivity contribution in [1.29, 1.82) is 0 Å². The summed E-state index contributed by atoms with van der Waals surface area (Å²) in [7, 11) is 0. The van der Waals surface area contributed by atoms with E-state index in [9.17, 15) is 4.79 Å². The first kappa shape index (κ1) is 16.1. The van der Waals surface area contributed by atoms with Crippen molar-refractivity contribution in [1.82, 2.24) is 5.32 Å². The summed E-state index contributed by atoms with van der Waals surface area (Å²) in [4.78, 5) is 11.0. The van der Waals surface area contributed by atoms with E-state index in [2.05, 4.69) is 5.32 Å². The zero-order chi connectivity index (χ0) is 13.1. The maximum Gasteiger partial charge on any atom is 0.378 e. The molecule has 0 radical (unpaired) electrons. The van der Waals surface area contributed by atoms with Gasteiger partial charge in [-0.3, -0.25) is 5.32 Å². The lowest BCUT2D eigenvalue weighted by Crippen LogP contribution is -2.57. The molecule has 0 aliphatic carbocycles. The number of ether oxygens (including phenoxy) is 3. The van der Waals surface area contributed by atoms with E-state index >= 15 is 0 Å². The van der Waals surface area contributed by atoms with Crippen LogP contribution in [0, 0.1) is 0 Å². The molecule has 102 valence electrons. The van der Waals surface area contributed by atoms with Gasteiger partial charge in [-0.05, 0) is 19.3 Å². The van der Waals surface area contributed by atoms with Crippen LogP contribution in [0.4, 0.5) is 4.79 Å². The normalized spacial score (nSPS) is 11.5. The quantitative estimate of drug-likeness (QED) is 0.574. The van der Waals surface area contributed by atoms with Gasteiger partial charge in [0.05, 0.1) is 19.8 Å². The predicted molar refractivity (Wildman–Crippen MR) is 64.2 cm³/mol. The molecule has 0 saturated carbocycles. The molecule has 6 nitrogen and oxygen atoms in total. The fourth-order valence-electron chi connectivity index (χ4n) is 1.09. The van der Waals surface area contributed by atoms with Gasteiger partial charge in [-0.1, -0.05) is 20.8 Å². The largest absolute Gasteiger partial charge is 0.378 e. The molecule has 0 aliphatic rings. The van der Waals surface area contributed by atoms with Crippen LogP contribution in [-0.4, -0.2) is 31.9 Å². The van der Waals surface area contributed by atoms with Gasteiger partial charge in [0.15, 0.2) is 0 Å². The summed E-state index contributed by atoms with van der Waals surface area (Å²) in [5, 5.41) is 2.37. The van der Waals surface area contributed by atoms with Gasteiger partial charge in [0.2, 0.25) is 0 Å². The minimum absolute atomic E-state index is 0.410. The lowest BCUT2D eigenvalue weighted by Gasteiger charge is -2.32. The van der Waals surface area contributed by atoms with E-state index in [4.69, 9.17) is 19.9 Å². The van der Waals surface area contributed by atoms with Gasteiger partial charge >= 0.3 is 12.1 Å².